The molecule has 0 aliphatic rings. The molecule has 0 aliphatic heterocycles. The molecule has 78 valence electrons. The largest absolute Gasteiger partial charge is 0.355 e. The highest BCUT2D eigenvalue weighted by atomic mass is 31.0. The summed E-state index contributed by atoms with van der Waals surface area (Å²) in [5.74, 6) is 0. The molecule has 2 aromatic rings. The summed E-state index contributed by atoms with van der Waals surface area (Å²) in [6.07, 6.45) is 0. The van der Waals surface area contributed by atoms with Crippen LogP contribution in [0, 0.1) is 0 Å². The SMILES string of the molecule is CC(C)(C)c1onc(-c2ccccc2)p1. The van der Waals surface area contributed by atoms with Gasteiger partial charge in [-0.3, -0.25) is 0 Å². The van der Waals surface area contributed by atoms with Crippen LogP contribution < -0.4 is 0 Å². The summed E-state index contributed by atoms with van der Waals surface area (Å²) >= 11 is 0. The van der Waals surface area contributed by atoms with E-state index < -0.39 is 0 Å². The summed E-state index contributed by atoms with van der Waals surface area (Å²) in [6.45, 7) is 6.41. The summed E-state index contributed by atoms with van der Waals surface area (Å²) in [4.78, 5) is 0. The predicted molar refractivity (Wildman–Crippen MR) is 63.2 cm³/mol. The number of hydrogen-bond donors (Lipinski definition) is 0. The lowest BCUT2D eigenvalue weighted by atomic mass is 9.99. The predicted octanol–water partition coefficient (Wildman–Crippen LogP) is 4.22. The molecule has 0 amide bonds. The van der Waals surface area contributed by atoms with Crippen LogP contribution in [-0.2, 0) is 5.41 Å². The molecule has 0 saturated heterocycles. The molecular weight excluding hydrogens is 205 g/mol. The van der Waals surface area contributed by atoms with E-state index in [9.17, 15) is 0 Å². The molecule has 0 N–H and O–H groups in total. The average Bonchev–Trinajstić information content (AvgIpc) is 2.67. The molecular formula is C12H14NOP. The molecule has 0 bridgehead atoms. The summed E-state index contributed by atoms with van der Waals surface area (Å²) in [5, 5.41) is 4.12. The highest BCUT2D eigenvalue weighted by molar-refractivity contribution is 7.34. The Hall–Kier alpha value is -1.14. The van der Waals surface area contributed by atoms with Crippen LogP contribution in [0.3, 0.4) is 0 Å². The summed E-state index contributed by atoms with van der Waals surface area (Å²) in [5.41, 5.74) is 3.21. The number of nitrogens with zero attached hydrogens (tertiary/aromatic N) is 1. The minimum Gasteiger partial charge on any atom is -0.355 e. The van der Waals surface area contributed by atoms with Crippen molar-refractivity contribution in [3.8, 4) is 11.0 Å². The quantitative estimate of drug-likeness (QED) is 0.717. The maximum atomic E-state index is 5.38. The van der Waals surface area contributed by atoms with Gasteiger partial charge in [0.25, 0.3) is 0 Å². The van der Waals surface area contributed by atoms with Gasteiger partial charge in [0.05, 0.1) is 0 Å². The van der Waals surface area contributed by atoms with Gasteiger partial charge in [-0.1, -0.05) is 56.3 Å². The second-order valence-corrected chi connectivity index (χ2v) is 5.59. The lowest BCUT2D eigenvalue weighted by Gasteiger charge is -2.11. The Bertz CT molecular complexity index is 442. The van der Waals surface area contributed by atoms with Crippen LogP contribution in [0.25, 0.3) is 11.0 Å². The van der Waals surface area contributed by atoms with Crippen LogP contribution in [0.1, 0.15) is 26.3 Å². The monoisotopic (exact) mass is 219 g/mol. The second-order valence-electron chi connectivity index (χ2n) is 4.54. The van der Waals surface area contributed by atoms with Gasteiger partial charge in [0, 0.05) is 19.2 Å². The average molecular weight is 219 g/mol. The van der Waals surface area contributed by atoms with Gasteiger partial charge in [-0.25, -0.2) is 0 Å². The minimum absolute atomic E-state index is 0.0571. The fourth-order valence-corrected chi connectivity index (χ4v) is 2.20. The normalized spacial score (nSPS) is 12.2. The van der Waals surface area contributed by atoms with Crippen molar-refractivity contribution in [2.75, 3.05) is 0 Å². The molecule has 0 fully saturated rings. The van der Waals surface area contributed by atoms with Crippen LogP contribution in [0.4, 0.5) is 0 Å². The lowest BCUT2D eigenvalue weighted by molar-refractivity contribution is 0.337. The molecule has 1 aromatic carbocycles. The maximum Gasteiger partial charge on any atom is 0.168 e. The zero-order valence-corrected chi connectivity index (χ0v) is 10.1. The summed E-state index contributed by atoms with van der Waals surface area (Å²) in [6, 6.07) is 10.2. The van der Waals surface area contributed by atoms with Gasteiger partial charge in [-0.15, -0.1) is 0 Å². The van der Waals surface area contributed by atoms with Crippen LogP contribution in [0.2, 0.25) is 0 Å². The Balaban J connectivity index is 2.37. The van der Waals surface area contributed by atoms with Crippen molar-refractivity contribution in [3.05, 3.63) is 35.8 Å². The van der Waals surface area contributed by atoms with Crippen molar-refractivity contribution < 1.29 is 4.52 Å². The van der Waals surface area contributed by atoms with E-state index in [1.807, 2.05) is 18.2 Å². The maximum absolute atomic E-state index is 5.38. The molecule has 2 nitrogen and oxygen atoms in total. The third-order valence-corrected chi connectivity index (χ3v) is 3.61. The number of rotatable bonds is 1. The van der Waals surface area contributed by atoms with E-state index in [0.717, 1.165) is 24.7 Å². The van der Waals surface area contributed by atoms with Gasteiger partial charge >= 0.3 is 0 Å². The molecule has 1 heterocycles. The van der Waals surface area contributed by atoms with Crippen molar-refractivity contribution in [2.24, 2.45) is 0 Å². The second kappa shape index (κ2) is 3.79. The van der Waals surface area contributed by atoms with E-state index in [-0.39, 0.29) is 5.41 Å². The van der Waals surface area contributed by atoms with E-state index in [0.29, 0.717) is 0 Å². The standard InChI is InChI=1S/C12H14NOP/c1-12(2,3)11-14-13-10(15-11)9-7-5-4-6-8-9/h4-8H,1-3H3. The molecule has 0 radical (unpaired) electrons. The van der Waals surface area contributed by atoms with Crippen molar-refractivity contribution in [1.82, 2.24) is 5.16 Å². The molecule has 1 aromatic heterocycles. The van der Waals surface area contributed by atoms with Gasteiger partial charge < -0.3 is 4.52 Å². The van der Waals surface area contributed by atoms with Crippen molar-refractivity contribution >= 4 is 8.19 Å². The number of hydrogen-bond acceptors (Lipinski definition) is 2. The van der Waals surface area contributed by atoms with Crippen molar-refractivity contribution in [2.45, 2.75) is 26.2 Å². The number of benzene rings is 1. The van der Waals surface area contributed by atoms with Crippen molar-refractivity contribution in [3.63, 3.8) is 0 Å². The molecule has 2 rings (SSSR count). The van der Waals surface area contributed by atoms with Crippen LogP contribution in [-0.4, -0.2) is 5.16 Å². The highest BCUT2D eigenvalue weighted by Crippen LogP contribution is 2.36. The molecule has 0 aliphatic carbocycles. The lowest BCUT2D eigenvalue weighted by Crippen LogP contribution is -2.07. The van der Waals surface area contributed by atoms with Crippen LogP contribution in [0.15, 0.2) is 34.9 Å². The first-order chi connectivity index (χ1) is 7.07. The molecule has 0 unspecified atom stereocenters. The van der Waals surface area contributed by atoms with E-state index in [1.54, 1.807) is 0 Å². The molecule has 15 heavy (non-hydrogen) atoms. The summed E-state index contributed by atoms with van der Waals surface area (Å²) in [7, 11) is 1.09. The van der Waals surface area contributed by atoms with Gasteiger partial charge in [0.1, 0.15) is 5.43 Å². The Morgan fingerprint density at radius 2 is 1.80 bits per heavy atom. The van der Waals surface area contributed by atoms with Crippen LogP contribution in [0.5, 0.6) is 0 Å². The first kappa shape index (κ1) is 10.4. The number of aromatic nitrogens is 1. The smallest absolute Gasteiger partial charge is 0.168 e. The van der Waals surface area contributed by atoms with Crippen molar-refractivity contribution in [1.29, 1.82) is 0 Å². The fraction of sp³-hybridized carbons (Fsp3) is 0.333. The van der Waals surface area contributed by atoms with Crippen LogP contribution >= 0.6 is 8.19 Å². The minimum atomic E-state index is 0.0571. The Labute approximate surface area is 91.4 Å². The first-order valence-corrected chi connectivity index (χ1v) is 5.86. The Morgan fingerprint density at radius 3 is 2.33 bits per heavy atom. The summed E-state index contributed by atoms with van der Waals surface area (Å²) < 4.78 is 5.38. The third kappa shape index (κ3) is 2.27. The topological polar surface area (TPSA) is 26.0 Å². The molecule has 3 heteroatoms. The Morgan fingerprint density at radius 1 is 1.13 bits per heavy atom. The van der Waals surface area contributed by atoms with Gasteiger partial charge in [0.15, 0.2) is 5.49 Å². The van der Waals surface area contributed by atoms with Gasteiger partial charge in [-0.05, 0) is 0 Å². The molecule has 0 saturated carbocycles. The third-order valence-electron chi connectivity index (χ3n) is 2.10. The highest BCUT2D eigenvalue weighted by Gasteiger charge is 2.20. The van der Waals surface area contributed by atoms with E-state index in [4.69, 9.17) is 4.52 Å². The van der Waals surface area contributed by atoms with Gasteiger partial charge in [0.2, 0.25) is 0 Å². The first-order valence-electron chi connectivity index (χ1n) is 4.97. The molecule has 0 spiro atoms. The van der Waals surface area contributed by atoms with E-state index >= 15 is 0 Å². The molecule has 0 atom stereocenters. The van der Waals surface area contributed by atoms with E-state index in [1.165, 1.54) is 0 Å². The fourth-order valence-electron chi connectivity index (χ4n) is 1.23. The zero-order valence-electron chi connectivity index (χ0n) is 9.19. The van der Waals surface area contributed by atoms with E-state index in [2.05, 4.69) is 38.1 Å². The Kier molecular flexibility index (Phi) is 2.62. The zero-order chi connectivity index (χ0) is 10.9. The van der Waals surface area contributed by atoms with Gasteiger partial charge in [-0.2, -0.15) is 0 Å².